The van der Waals surface area contributed by atoms with E-state index < -0.39 is 43.1 Å². The lowest BCUT2D eigenvalue weighted by Crippen LogP contribution is -2.41. The van der Waals surface area contributed by atoms with E-state index in [1.807, 2.05) is 0 Å². The van der Waals surface area contributed by atoms with Gasteiger partial charge in [0.2, 0.25) is 0 Å². The lowest BCUT2D eigenvalue weighted by atomic mass is 9.88. The van der Waals surface area contributed by atoms with Crippen molar-refractivity contribution in [1.82, 2.24) is 14.5 Å². The average Bonchev–Trinajstić information content (AvgIpc) is 3.30. The highest BCUT2D eigenvalue weighted by Crippen LogP contribution is 2.59. The monoisotopic (exact) mass is 472 g/mol. The normalized spacial score (nSPS) is 28.0. The van der Waals surface area contributed by atoms with E-state index in [1.165, 1.54) is 13.3 Å². The number of nitrogen functional groups attached to an aromatic ring is 1. The largest absolute Gasteiger partial charge is 0.388 e. The number of anilines is 1. The molecule has 32 heavy (non-hydrogen) atoms. The highest BCUT2D eigenvalue weighted by Gasteiger charge is 2.51. The third-order valence-corrected chi connectivity index (χ3v) is 8.78. The molecule has 11 nitrogen and oxygen atoms in total. The van der Waals surface area contributed by atoms with Crippen LogP contribution in [0.15, 0.2) is 18.6 Å². The molecule has 6 atom stereocenters. The number of hydrogen-bond acceptors (Lipinski definition) is 9. The van der Waals surface area contributed by atoms with Crippen LogP contribution in [0.1, 0.15) is 59.6 Å². The van der Waals surface area contributed by atoms with Crippen LogP contribution in [0.5, 0.6) is 0 Å². The summed E-state index contributed by atoms with van der Waals surface area (Å²) in [7, 11) is -4.42. The number of aliphatic hydroxyl groups is 3. The first-order chi connectivity index (χ1) is 14.9. The van der Waals surface area contributed by atoms with E-state index in [-0.39, 0.29) is 18.7 Å². The molecular formula is C20H33N4O7P. The van der Waals surface area contributed by atoms with Crippen molar-refractivity contribution in [2.24, 2.45) is 0 Å². The Hall–Kier alpha value is -1.59. The fourth-order valence-electron chi connectivity index (χ4n) is 3.96. The molecule has 1 saturated heterocycles. The molecule has 0 saturated carbocycles. The Kier molecular flexibility index (Phi) is 7.03. The maximum Gasteiger partial charge on any atom is 0.359 e. The number of aromatic nitrogens is 3. The fourth-order valence-corrected chi connectivity index (χ4v) is 5.41. The number of aliphatic hydroxyl groups excluding tert-OH is 2. The molecule has 2 aromatic rings. The van der Waals surface area contributed by atoms with Gasteiger partial charge in [-0.2, -0.15) is 0 Å². The minimum Gasteiger partial charge on any atom is -0.388 e. The predicted octanol–water partition coefficient (Wildman–Crippen LogP) is 1.90. The third-order valence-electron chi connectivity index (χ3n) is 6.61. The van der Waals surface area contributed by atoms with Crippen LogP contribution in [0.25, 0.3) is 11.0 Å². The number of hydrogen-bond donors (Lipinski definition) is 5. The summed E-state index contributed by atoms with van der Waals surface area (Å²) in [6, 6.07) is 1.70. The molecule has 2 aromatic heterocycles. The Morgan fingerprint density at radius 1 is 1.22 bits per heavy atom. The standard InChI is InChI=1S/C20H33N4O7P/c1-5-19(4,27)32(28,29)31-20(6-2,7-3)10-13-14(25)15(26)18(30-13)24-9-8-12-16(21)22-11-23-17(12)24/h8-9,11,13-15,18,25-27H,5-7,10H2,1-4H3,(H,28,29)(H2,21,22,23)/t13?,14-,15-,18-,19?/m1/s1. The summed E-state index contributed by atoms with van der Waals surface area (Å²) in [6.07, 6.45) is -0.729. The van der Waals surface area contributed by atoms with Gasteiger partial charge in [0.05, 0.1) is 17.1 Å². The van der Waals surface area contributed by atoms with E-state index >= 15 is 0 Å². The molecule has 1 fully saturated rings. The Morgan fingerprint density at radius 3 is 2.47 bits per heavy atom. The lowest BCUT2D eigenvalue weighted by Gasteiger charge is -2.39. The van der Waals surface area contributed by atoms with Gasteiger partial charge < -0.3 is 35.3 Å². The van der Waals surface area contributed by atoms with Gasteiger partial charge in [-0.1, -0.05) is 20.8 Å². The first-order valence-corrected chi connectivity index (χ1v) is 12.3. The van der Waals surface area contributed by atoms with Gasteiger partial charge in [-0.25, -0.2) is 9.97 Å². The fraction of sp³-hybridized carbons (Fsp3) is 0.700. The SMILES string of the molecule is CCC(CC)(CC1O[C@@H](n2ccc3c(N)ncnc32)[C@H](O)[C@@H]1O)OP(=O)(O)C(C)(O)CC. The molecule has 1 aliphatic heterocycles. The van der Waals surface area contributed by atoms with Crippen LogP contribution in [0.2, 0.25) is 0 Å². The van der Waals surface area contributed by atoms with Crippen molar-refractivity contribution in [2.45, 2.75) is 88.9 Å². The Balaban J connectivity index is 1.87. The second-order valence-electron chi connectivity index (χ2n) is 8.54. The molecule has 0 aliphatic carbocycles. The second-order valence-corrected chi connectivity index (χ2v) is 10.7. The Bertz CT molecular complexity index is 993. The van der Waals surface area contributed by atoms with Gasteiger partial charge in [-0.3, -0.25) is 9.09 Å². The van der Waals surface area contributed by atoms with Crippen molar-refractivity contribution in [3.63, 3.8) is 0 Å². The van der Waals surface area contributed by atoms with E-state index in [9.17, 15) is 24.8 Å². The van der Waals surface area contributed by atoms with Gasteiger partial charge in [0.15, 0.2) is 11.6 Å². The zero-order valence-electron chi connectivity index (χ0n) is 18.7. The maximum atomic E-state index is 12.8. The van der Waals surface area contributed by atoms with Crippen LogP contribution < -0.4 is 5.73 Å². The predicted molar refractivity (Wildman–Crippen MR) is 118 cm³/mol. The quantitative estimate of drug-likeness (QED) is 0.339. The molecule has 3 unspecified atom stereocenters. The summed E-state index contributed by atoms with van der Waals surface area (Å²) in [4.78, 5) is 18.6. The smallest absolute Gasteiger partial charge is 0.359 e. The van der Waals surface area contributed by atoms with Crippen molar-refractivity contribution in [2.75, 3.05) is 5.73 Å². The first-order valence-electron chi connectivity index (χ1n) is 10.8. The number of nitrogens with two attached hydrogens (primary N) is 1. The molecule has 0 bridgehead atoms. The highest BCUT2D eigenvalue weighted by molar-refractivity contribution is 7.54. The zero-order valence-corrected chi connectivity index (χ0v) is 19.6. The van der Waals surface area contributed by atoms with E-state index in [4.69, 9.17) is 15.0 Å². The maximum absolute atomic E-state index is 12.8. The summed E-state index contributed by atoms with van der Waals surface area (Å²) in [5, 5.41) is 30.5. The summed E-state index contributed by atoms with van der Waals surface area (Å²) >= 11 is 0. The van der Waals surface area contributed by atoms with Crippen LogP contribution in [0.4, 0.5) is 5.82 Å². The van der Waals surface area contributed by atoms with Crippen molar-refractivity contribution >= 4 is 24.4 Å². The first kappa shape index (κ1) is 25.0. The van der Waals surface area contributed by atoms with Gasteiger partial charge >= 0.3 is 7.60 Å². The second kappa shape index (κ2) is 8.98. The van der Waals surface area contributed by atoms with E-state index in [0.29, 0.717) is 23.9 Å². The van der Waals surface area contributed by atoms with E-state index in [0.717, 1.165) is 0 Å². The lowest BCUT2D eigenvalue weighted by molar-refractivity contribution is -0.0752. The number of ether oxygens (including phenoxy) is 1. The molecule has 0 spiro atoms. The van der Waals surface area contributed by atoms with Crippen LogP contribution in [-0.2, 0) is 13.8 Å². The molecule has 6 N–H and O–H groups in total. The van der Waals surface area contributed by atoms with E-state index in [1.54, 1.807) is 37.6 Å². The van der Waals surface area contributed by atoms with E-state index in [2.05, 4.69) is 9.97 Å². The van der Waals surface area contributed by atoms with Gasteiger partial charge in [-0.15, -0.1) is 0 Å². The van der Waals surface area contributed by atoms with Crippen molar-refractivity contribution in [3.05, 3.63) is 18.6 Å². The average molecular weight is 472 g/mol. The molecule has 12 heteroatoms. The third kappa shape index (κ3) is 4.31. The summed E-state index contributed by atoms with van der Waals surface area (Å²) in [5.41, 5.74) is 5.17. The van der Waals surface area contributed by atoms with Gasteiger partial charge in [0.1, 0.15) is 30.0 Å². The van der Waals surface area contributed by atoms with Crippen molar-refractivity contribution in [1.29, 1.82) is 0 Å². The number of rotatable bonds is 9. The topological polar surface area (TPSA) is 173 Å². The summed E-state index contributed by atoms with van der Waals surface area (Å²) in [5.74, 6) is 0.282. The summed E-state index contributed by atoms with van der Waals surface area (Å²) in [6.45, 7) is 6.43. The molecule has 3 heterocycles. The van der Waals surface area contributed by atoms with Crippen molar-refractivity contribution < 1.29 is 34.0 Å². The molecular weight excluding hydrogens is 439 g/mol. The molecule has 0 radical (unpaired) electrons. The number of nitrogens with zero attached hydrogens (tertiary/aromatic N) is 3. The van der Waals surface area contributed by atoms with Crippen LogP contribution in [0.3, 0.4) is 0 Å². The molecule has 0 amide bonds. The Labute approximate surface area is 186 Å². The van der Waals surface area contributed by atoms with Crippen LogP contribution >= 0.6 is 7.60 Å². The van der Waals surface area contributed by atoms with Crippen molar-refractivity contribution in [3.8, 4) is 0 Å². The van der Waals surface area contributed by atoms with Gasteiger partial charge in [0.25, 0.3) is 0 Å². The summed E-state index contributed by atoms with van der Waals surface area (Å²) < 4.78 is 26.1. The Morgan fingerprint density at radius 2 is 1.88 bits per heavy atom. The van der Waals surface area contributed by atoms with Gasteiger partial charge in [0, 0.05) is 12.6 Å². The van der Waals surface area contributed by atoms with Crippen LogP contribution in [-0.4, -0.2) is 64.0 Å². The highest BCUT2D eigenvalue weighted by atomic mass is 31.2. The zero-order chi connectivity index (χ0) is 23.9. The molecule has 3 rings (SSSR count). The minimum absolute atomic E-state index is 0.0271. The van der Waals surface area contributed by atoms with Crippen LogP contribution in [0, 0.1) is 0 Å². The van der Waals surface area contributed by atoms with Gasteiger partial charge in [-0.05, 0) is 32.3 Å². The molecule has 1 aliphatic rings. The minimum atomic E-state index is -4.42. The molecule has 0 aromatic carbocycles. The number of fused-ring (bicyclic) bond motifs is 1. The molecule has 180 valence electrons.